The van der Waals surface area contributed by atoms with Crippen molar-refractivity contribution in [2.45, 2.75) is 15.4 Å². The quantitative estimate of drug-likeness (QED) is 0.137. The summed E-state index contributed by atoms with van der Waals surface area (Å²) in [5.41, 5.74) is 1.71. The van der Waals surface area contributed by atoms with Gasteiger partial charge in [0, 0.05) is 15.6 Å². The van der Waals surface area contributed by atoms with Crippen LogP contribution in [-0.2, 0) is 11.8 Å². The highest BCUT2D eigenvalue weighted by Crippen LogP contribution is 2.85. The Bertz CT molecular complexity index is 1050. The average molecular weight is 476 g/mol. The monoisotopic (exact) mass is 476 g/mol. The summed E-state index contributed by atoms with van der Waals surface area (Å²) >= 11 is 7.05. The summed E-state index contributed by atoms with van der Waals surface area (Å²) in [6.07, 6.45) is 0. The molecule has 152 valence electrons. The van der Waals surface area contributed by atoms with Crippen molar-refractivity contribution in [3.8, 4) is 0 Å². The molecular weight excluding hydrogens is 462 g/mol. The molecule has 1 heterocycles. The zero-order chi connectivity index (χ0) is 20.7. The molecule has 9 heteroatoms. The lowest BCUT2D eigenvalue weighted by Gasteiger charge is -2.28. The van der Waals surface area contributed by atoms with E-state index in [1.807, 2.05) is 48.5 Å². The molecule has 1 saturated heterocycles. The Balaban J connectivity index is 1.94. The molecule has 0 N–H and O–H groups in total. The van der Waals surface area contributed by atoms with Crippen LogP contribution in [0.4, 0.5) is 22.0 Å². The summed E-state index contributed by atoms with van der Waals surface area (Å²) in [4.78, 5) is -0.722. The highest BCUT2D eigenvalue weighted by molar-refractivity contribution is 9.00. The molecule has 0 spiro atoms. The zero-order valence-corrected chi connectivity index (χ0v) is 18.1. The molecule has 0 bridgehead atoms. The van der Waals surface area contributed by atoms with Crippen LogP contribution in [0.5, 0.6) is 0 Å². The summed E-state index contributed by atoms with van der Waals surface area (Å²) in [6, 6.07) is 18.4. The summed E-state index contributed by atoms with van der Waals surface area (Å²) in [6.45, 7) is 0. The highest BCUT2D eigenvalue weighted by atomic mass is 33.2. The smallest absolute Gasteiger partial charge is 0.200 e. The lowest BCUT2D eigenvalue weighted by molar-refractivity contribution is 0.360. The van der Waals surface area contributed by atoms with Crippen LogP contribution in [0.15, 0.2) is 65.6 Å². The minimum Gasteiger partial charge on any atom is -0.202 e. The third kappa shape index (κ3) is 3.65. The van der Waals surface area contributed by atoms with Crippen molar-refractivity contribution in [3.05, 3.63) is 101 Å². The standard InChI is InChI=1S/C20H14F5PS3/c21-13-14(22)16(24)20(17(25)15(13)23)29-19(12-9-5-2-6-10-12)18(28-26(29)27)11-7-3-1-4-8-11/h1-10,18-19,26,29H/t18-,19+/m0/s1. The second-order valence-corrected chi connectivity index (χ2v) is 17.9. The Labute approximate surface area is 176 Å². The van der Waals surface area contributed by atoms with Crippen molar-refractivity contribution in [1.29, 1.82) is 0 Å². The Hall–Kier alpha value is -1.34. The van der Waals surface area contributed by atoms with Crippen molar-refractivity contribution < 1.29 is 22.0 Å². The Kier molecular flexibility index (Phi) is 6.07. The SMILES string of the molecule is Fc1c(F)c(F)c([SH]2[C@H](c3ccccc3)[C@H](c3ccccc3)S[PH]2=S)c(F)c1F. The van der Waals surface area contributed by atoms with E-state index < -0.39 is 54.8 Å². The summed E-state index contributed by atoms with van der Waals surface area (Å²) in [5.74, 6) is -9.47. The predicted molar refractivity (Wildman–Crippen MR) is 115 cm³/mol. The van der Waals surface area contributed by atoms with Crippen molar-refractivity contribution in [2.75, 3.05) is 0 Å². The van der Waals surface area contributed by atoms with E-state index in [-0.39, 0.29) is 5.25 Å². The van der Waals surface area contributed by atoms with Crippen LogP contribution >= 0.6 is 27.0 Å². The highest BCUT2D eigenvalue weighted by Gasteiger charge is 2.44. The number of halogens is 5. The Morgan fingerprint density at radius 3 is 1.66 bits per heavy atom. The molecule has 0 amide bonds. The molecule has 0 nitrogen and oxygen atoms in total. The van der Waals surface area contributed by atoms with Crippen LogP contribution in [0.3, 0.4) is 0 Å². The molecule has 1 fully saturated rings. The predicted octanol–water partition coefficient (Wildman–Crippen LogP) is 7.48. The maximum Gasteiger partial charge on any atom is 0.200 e. The van der Waals surface area contributed by atoms with Gasteiger partial charge in [0.2, 0.25) is 5.82 Å². The van der Waals surface area contributed by atoms with E-state index >= 15 is 0 Å². The van der Waals surface area contributed by atoms with Crippen LogP contribution < -0.4 is 0 Å². The van der Waals surface area contributed by atoms with E-state index in [0.29, 0.717) is 0 Å². The fourth-order valence-corrected chi connectivity index (χ4v) is 18.9. The first-order valence-corrected chi connectivity index (χ1v) is 15.0. The molecule has 1 aliphatic rings. The second-order valence-electron chi connectivity index (χ2n) is 6.36. The first-order valence-electron chi connectivity index (χ1n) is 8.53. The van der Waals surface area contributed by atoms with Crippen molar-refractivity contribution in [2.24, 2.45) is 0 Å². The van der Waals surface area contributed by atoms with Crippen molar-refractivity contribution in [1.82, 2.24) is 0 Å². The summed E-state index contributed by atoms with van der Waals surface area (Å²) in [5, 5.41) is -2.56. The van der Waals surface area contributed by atoms with E-state index in [1.165, 1.54) is 11.4 Å². The zero-order valence-electron chi connectivity index (χ0n) is 14.6. The minimum absolute atomic E-state index is 0.217. The number of hydrogen-bond donors (Lipinski definition) is 1. The van der Waals surface area contributed by atoms with E-state index in [1.54, 1.807) is 12.1 Å². The van der Waals surface area contributed by atoms with Gasteiger partial charge in [-0.05, 0) is 11.1 Å². The number of thiol groups is 1. The van der Waals surface area contributed by atoms with Crippen molar-refractivity contribution in [3.63, 3.8) is 0 Å². The third-order valence-corrected chi connectivity index (χ3v) is 17.7. The molecule has 2 unspecified atom stereocenters. The van der Waals surface area contributed by atoms with Crippen LogP contribution in [0.2, 0.25) is 0 Å². The van der Waals surface area contributed by atoms with Gasteiger partial charge in [-0.2, -0.15) is 10.5 Å². The number of rotatable bonds is 3. The molecule has 0 aromatic heterocycles. The molecule has 4 atom stereocenters. The molecule has 3 aromatic carbocycles. The van der Waals surface area contributed by atoms with Crippen LogP contribution in [0.1, 0.15) is 21.6 Å². The summed E-state index contributed by atoms with van der Waals surface area (Å²) in [7, 11) is -1.81. The molecular formula is C20H14F5PS3. The molecule has 0 radical (unpaired) electrons. The lowest BCUT2D eigenvalue weighted by atomic mass is 10.0. The molecule has 0 aliphatic carbocycles. The first-order chi connectivity index (χ1) is 13.9. The van der Waals surface area contributed by atoms with Gasteiger partial charge in [0.15, 0.2) is 23.3 Å². The topological polar surface area (TPSA) is 0 Å². The third-order valence-electron chi connectivity index (χ3n) is 4.69. The molecule has 3 aromatic rings. The van der Waals surface area contributed by atoms with Gasteiger partial charge in [0.25, 0.3) is 0 Å². The van der Waals surface area contributed by atoms with Gasteiger partial charge in [0.1, 0.15) is 0 Å². The van der Waals surface area contributed by atoms with E-state index in [4.69, 9.17) is 11.8 Å². The van der Waals surface area contributed by atoms with Gasteiger partial charge in [-0.15, -0.1) is 11.4 Å². The Morgan fingerprint density at radius 1 is 0.690 bits per heavy atom. The number of benzene rings is 3. The normalized spacial score (nSPS) is 25.3. The van der Waals surface area contributed by atoms with E-state index in [2.05, 4.69) is 0 Å². The first kappa shape index (κ1) is 20.9. The van der Waals surface area contributed by atoms with Gasteiger partial charge in [-0.1, -0.05) is 72.5 Å². The van der Waals surface area contributed by atoms with Gasteiger partial charge in [0.05, 0.1) is 4.90 Å². The maximum atomic E-state index is 14.7. The molecule has 4 rings (SSSR count). The lowest BCUT2D eigenvalue weighted by Crippen LogP contribution is -2.09. The molecule has 29 heavy (non-hydrogen) atoms. The average Bonchev–Trinajstić information content (AvgIpc) is 3.09. The second kappa shape index (κ2) is 8.42. The largest absolute Gasteiger partial charge is 0.202 e. The van der Waals surface area contributed by atoms with Gasteiger partial charge in [-0.3, -0.25) is 0 Å². The number of hydrogen-bond acceptors (Lipinski definition) is 2. The molecule has 0 saturated carbocycles. The fourth-order valence-electron chi connectivity index (χ4n) is 3.38. The van der Waals surface area contributed by atoms with Gasteiger partial charge in [-0.25, -0.2) is 22.0 Å². The van der Waals surface area contributed by atoms with E-state index in [9.17, 15) is 22.0 Å². The van der Waals surface area contributed by atoms with Gasteiger partial charge < -0.3 is 0 Å². The Morgan fingerprint density at radius 2 is 1.14 bits per heavy atom. The van der Waals surface area contributed by atoms with E-state index in [0.717, 1.165) is 11.1 Å². The summed E-state index contributed by atoms with van der Waals surface area (Å²) < 4.78 is 70.9. The molecule has 1 aliphatic heterocycles. The van der Waals surface area contributed by atoms with Crippen LogP contribution in [-0.4, -0.2) is 0 Å². The van der Waals surface area contributed by atoms with Crippen LogP contribution in [0.25, 0.3) is 0 Å². The minimum atomic E-state index is -2.14. The van der Waals surface area contributed by atoms with Crippen LogP contribution in [0, 0.1) is 29.1 Å². The van der Waals surface area contributed by atoms with Gasteiger partial charge >= 0.3 is 0 Å². The maximum absolute atomic E-state index is 14.7. The van der Waals surface area contributed by atoms with Crippen molar-refractivity contribution >= 4 is 38.8 Å². The fraction of sp³-hybridized carbons (Fsp3) is 0.100.